The largest absolute Gasteiger partial charge is 0.505 e. The lowest BCUT2D eigenvalue weighted by molar-refractivity contribution is -1.02. The third-order valence-electron chi connectivity index (χ3n) is 6.13. The number of nitrogens with zero attached hydrogens (tertiary/aromatic N) is 1. The summed E-state index contributed by atoms with van der Waals surface area (Å²) in [6.45, 7) is 4.06. The van der Waals surface area contributed by atoms with Crippen molar-refractivity contribution < 1.29 is 33.2 Å². The zero-order valence-corrected chi connectivity index (χ0v) is 17.0. The van der Waals surface area contributed by atoms with Crippen molar-refractivity contribution in [3.05, 3.63) is 71.4 Å². The van der Waals surface area contributed by atoms with Crippen LogP contribution in [0.1, 0.15) is 22.7 Å². The van der Waals surface area contributed by atoms with Crippen LogP contribution in [0.4, 0.5) is 13.2 Å². The van der Waals surface area contributed by atoms with E-state index in [1.807, 2.05) is 18.2 Å². The van der Waals surface area contributed by atoms with Gasteiger partial charge in [0.2, 0.25) is 0 Å². The molecule has 1 aromatic heterocycles. The van der Waals surface area contributed by atoms with Gasteiger partial charge in [-0.1, -0.05) is 24.3 Å². The second-order valence-electron chi connectivity index (χ2n) is 8.01. The fourth-order valence-corrected chi connectivity index (χ4v) is 4.50. The minimum Gasteiger partial charge on any atom is -0.505 e. The maximum Gasteiger partial charge on any atom is 0.416 e. The summed E-state index contributed by atoms with van der Waals surface area (Å²) in [7, 11) is 0. The van der Waals surface area contributed by atoms with Crippen LogP contribution < -0.4 is 9.80 Å². The fraction of sp³-hybridized carbons (Fsp3) is 0.348. The van der Waals surface area contributed by atoms with Gasteiger partial charge in [-0.25, -0.2) is 0 Å². The summed E-state index contributed by atoms with van der Waals surface area (Å²) in [5, 5.41) is 21.1. The van der Waals surface area contributed by atoms with E-state index >= 15 is 0 Å². The molecule has 1 fully saturated rings. The zero-order valence-electron chi connectivity index (χ0n) is 17.0. The second kappa shape index (κ2) is 8.82. The van der Waals surface area contributed by atoms with Crippen LogP contribution in [0, 0.1) is 0 Å². The third-order valence-corrected chi connectivity index (χ3v) is 6.13. The molecular formula is C23H26F3N3O2+2. The van der Waals surface area contributed by atoms with Crippen molar-refractivity contribution in [2.75, 3.05) is 39.3 Å². The highest BCUT2D eigenvalue weighted by Crippen LogP contribution is 2.35. The number of rotatable bonds is 5. The summed E-state index contributed by atoms with van der Waals surface area (Å²) < 4.78 is 39.2. The number of hydrogen-bond acceptors (Lipinski definition) is 3. The van der Waals surface area contributed by atoms with Crippen molar-refractivity contribution in [2.24, 2.45) is 0 Å². The SMILES string of the molecule is OCC[NH+]1CC[NH+]([C@@H](c2ccc(C(F)(F)F)cc2)c2ccc3cccnc3c2O)CC1. The first kappa shape index (κ1) is 21.5. The molecule has 2 heterocycles. The molecule has 4 rings (SSSR count). The van der Waals surface area contributed by atoms with Crippen LogP contribution >= 0.6 is 0 Å². The predicted octanol–water partition coefficient (Wildman–Crippen LogP) is 0.824. The van der Waals surface area contributed by atoms with Gasteiger partial charge in [0.15, 0.2) is 5.75 Å². The number of fused-ring (bicyclic) bond motifs is 1. The maximum absolute atomic E-state index is 13.1. The first-order chi connectivity index (χ1) is 14.9. The average Bonchev–Trinajstić information content (AvgIpc) is 2.77. The average molecular weight is 433 g/mol. The Labute approximate surface area is 178 Å². The van der Waals surface area contributed by atoms with Crippen LogP contribution in [0.3, 0.4) is 0 Å². The Kier molecular flexibility index (Phi) is 6.13. The first-order valence-corrected chi connectivity index (χ1v) is 10.4. The van der Waals surface area contributed by atoms with E-state index in [0.29, 0.717) is 17.6 Å². The number of phenols is 1. The molecule has 0 spiro atoms. The van der Waals surface area contributed by atoms with Crippen LogP contribution in [0.5, 0.6) is 5.75 Å². The van der Waals surface area contributed by atoms with Gasteiger partial charge >= 0.3 is 6.18 Å². The van der Waals surface area contributed by atoms with E-state index in [-0.39, 0.29) is 18.4 Å². The zero-order chi connectivity index (χ0) is 22.0. The number of quaternary nitrogens is 2. The Morgan fingerprint density at radius 3 is 2.32 bits per heavy atom. The van der Waals surface area contributed by atoms with Gasteiger partial charge in [-0.3, -0.25) is 4.98 Å². The molecule has 1 aliphatic rings. The summed E-state index contributed by atoms with van der Waals surface area (Å²) in [6, 6.07) is 12.3. The van der Waals surface area contributed by atoms with Gasteiger partial charge in [-0.2, -0.15) is 13.2 Å². The quantitative estimate of drug-likeness (QED) is 0.482. The molecule has 0 radical (unpaired) electrons. The Hall–Kier alpha value is -2.68. The Balaban J connectivity index is 1.74. The first-order valence-electron chi connectivity index (χ1n) is 10.4. The highest BCUT2D eigenvalue weighted by Gasteiger charge is 2.35. The van der Waals surface area contributed by atoms with Crippen LogP contribution in [0.25, 0.3) is 10.9 Å². The highest BCUT2D eigenvalue weighted by atomic mass is 19.4. The topological polar surface area (TPSA) is 62.2 Å². The molecule has 0 bridgehead atoms. The van der Waals surface area contributed by atoms with E-state index in [4.69, 9.17) is 0 Å². The monoisotopic (exact) mass is 433 g/mol. The van der Waals surface area contributed by atoms with Crippen molar-refractivity contribution >= 4 is 10.9 Å². The Morgan fingerprint density at radius 2 is 1.68 bits per heavy atom. The number of benzene rings is 2. The molecule has 0 amide bonds. The minimum atomic E-state index is -4.39. The smallest absolute Gasteiger partial charge is 0.416 e. The molecule has 1 saturated heterocycles. The number of aromatic hydroxyl groups is 1. The third kappa shape index (κ3) is 4.51. The summed E-state index contributed by atoms with van der Waals surface area (Å²) in [4.78, 5) is 6.79. The van der Waals surface area contributed by atoms with E-state index in [0.717, 1.165) is 49.3 Å². The molecule has 2 aromatic carbocycles. The summed E-state index contributed by atoms with van der Waals surface area (Å²) in [6.07, 6.45) is -2.78. The van der Waals surface area contributed by atoms with Gasteiger partial charge < -0.3 is 20.0 Å². The second-order valence-corrected chi connectivity index (χ2v) is 8.01. The lowest BCUT2D eigenvalue weighted by Crippen LogP contribution is -3.28. The van der Waals surface area contributed by atoms with E-state index in [9.17, 15) is 23.4 Å². The van der Waals surface area contributed by atoms with Crippen molar-refractivity contribution in [2.45, 2.75) is 12.2 Å². The molecule has 0 unspecified atom stereocenters. The number of aliphatic hydroxyl groups excluding tert-OH is 1. The molecular weight excluding hydrogens is 407 g/mol. The molecule has 31 heavy (non-hydrogen) atoms. The number of nitrogens with one attached hydrogen (secondary N) is 2. The minimum absolute atomic E-state index is 0.0700. The van der Waals surface area contributed by atoms with Gasteiger partial charge in [0.05, 0.1) is 17.7 Å². The molecule has 4 N–H and O–H groups in total. The number of hydrogen-bond donors (Lipinski definition) is 4. The molecule has 5 nitrogen and oxygen atoms in total. The number of pyridine rings is 1. The number of phenolic OH excluding ortho intramolecular Hbond substituents is 1. The molecule has 1 aliphatic heterocycles. The number of aromatic nitrogens is 1. The van der Waals surface area contributed by atoms with Gasteiger partial charge in [-0.15, -0.1) is 0 Å². The van der Waals surface area contributed by atoms with Crippen molar-refractivity contribution in [3.8, 4) is 5.75 Å². The number of halogens is 3. The van der Waals surface area contributed by atoms with Crippen molar-refractivity contribution in [3.63, 3.8) is 0 Å². The summed E-state index contributed by atoms with van der Waals surface area (Å²) >= 11 is 0. The number of alkyl halides is 3. The van der Waals surface area contributed by atoms with Gasteiger partial charge in [0, 0.05) is 17.1 Å². The van der Waals surface area contributed by atoms with E-state index < -0.39 is 11.7 Å². The molecule has 0 aliphatic carbocycles. The lowest BCUT2D eigenvalue weighted by atomic mass is 9.93. The van der Waals surface area contributed by atoms with Crippen LogP contribution in [-0.4, -0.2) is 54.5 Å². The van der Waals surface area contributed by atoms with E-state index in [2.05, 4.69) is 4.98 Å². The van der Waals surface area contributed by atoms with Gasteiger partial charge in [0.1, 0.15) is 44.3 Å². The molecule has 164 valence electrons. The standard InChI is InChI=1S/C23H24F3N3O2/c24-23(25,26)18-6-3-17(4-7-18)21(29-12-10-28(11-13-29)14-15-30)19-8-5-16-2-1-9-27-20(16)22(19)31/h1-9,21,30-31H,10-15H2/p+2/t21-/m0/s1. The van der Waals surface area contributed by atoms with Gasteiger partial charge in [-0.05, 0) is 24.3 Å². The molecule has 0 saturated carbocycles. The number of aliphatic hydroxyl groups is 1. The molecule has 1 atom stereocenters. The van der Waals surface area contributed by atoms with E-state index in [1.54, 1.807) is 12.3 Å². The predicted molar refractivity (Wildman–Crippen MR) is 110 cm³/mol. The van der Waals surface area contributed by atoms with Crippen molar-refractivity contribution in [1.82, 2.24) is 4.98 Å². The normalized spacial score (nSPS) is 20.6. The van der Waals surface area contributed by atoms with Crippen LogP contribution in [0.2, 0.25) is 0 Å². The number of piperazine rings is 1. The molecule has 8 heteroatoms. The Morgan fingerprint density at radius 1 is 0.968 bits per heavy atom. The Bertz CT molecular complexity index is 1030. The van der Waals surface area contributed by atoms with Crippen LogP contribution in [-0.2, 0) is 6.18 Å². The van der Waals surface area contributed by atoms with Crippen molar-refractivity contribution in [1.29, 1.82) is 0 Å². The van der Waals surface area contributed by atoms with Crippen LogP contribution in [0.15, 0.2) is 54.7 Å². The van der Waals surface area contributed by atoms with E-state index in [1.165, 1.54) is 21.9 Å². The summed E-state index contributed by atoms with van der Waals surface area (Å²) in [5.74, 6) is 0.0700. The maximum atomic E-state index is 13.1. The lowest BCUT2D eigenvalue weighted by Gasteiger charge is -2.35. The fourth-order valence-electron chi connectivity index (χ4n) is 4.50. The summed E-state index contributed by atoms with van der Waals surface area (Å²) in [5.41, 5.74) is 1.18. The highest BCUT2D eigenvalue weighted by molar-refractivity contribution is 5.85. The van der Waals surface area contributed by atoms with Gasteiger partial charge in [0.25, 0.3) is 0 Å². The molecule has 3 aromatic rings.